The first-order valence-corrected chi connectivity index (χ1v) is 6.80. The molecule has 0 amide bonds. The van der Waals surface area contributed by atoms with Gasteiger partial charge in [-0.05, 0) is 12.8 Å². The summed E-state index contributed by atoms with van der Waals surface area (Å²) >= 11 is 1.76. The van der Waals surface area contributed by atoms with Gasteiger partial charge >= 0.3 is 0 Å². The van der Waals surface area contributed by atoms with E-state index in [9.17, 15) is 0 Å². The lowest BCUT2D eigenvalue weighted by Crippen LogP contribution is -2.07. The number of thiazole rings is 1. The molecule has 0 unspecified atom stereocenters. The van der Waals surface area contributed by atoms with E-state index in [2.05, 4.69) is 26.6 Å². The number of rotatable bonds is 4. The van der Waals surface area contributed by atoms with Crippen molar-refractivity contribution in [3.8, 4) is 6.07 Å². The molecule has 0 aromatic carbocycles. The van der Waals surface area contributed by atoms with Crippen molar-refractivity contribution in [2.45, 2.75) is 31.7 Å². The van der Waals surface area contributed by atoms with E-state index in [-0.39, 0.29) is 0 Å². The van der Waals surface area contributed by atoms with E-state index in [0.29, 0.717) is 23.8 Å². The molecule has 2 heterocycles. The minimum absolute atomic E-state index is 0.540. The highest BCUT2D eigenvalue weighted by Gasteiger charge is 2.22. The largest absolute Gasteiger partial charge is 0.364 e. The highest BCUT2D eigenvalue weighted by atomic mass is 32.1. The van der Waals surface area contributed by atoms with Crippen LogP contribution in [0.4, 0.5) is 5.82 Å². The zero-order chi connectivity index (χ0) is 12.4. The van der Waals surface area contributed by atoms with E-state index in [0.717, 1.165) is 0 Å². The van der Waals surface area contributed by atoms with Crippen LogP contribution < -0.4 is 5.32 Å². The molecule has 2 aromatic heterocycles. The molecule has 1 aliphatic rings. The third-order valence-corrected chi connectivity index (χ3v) is 4.38. The van der Waals surface area contributed by atoms with Crippen molar-refractivity contribution in [1.29, 1.82) is 5.26 Å². The van der Waals surface area contributed by atoms with Crippen LogP contribution >= 0.6 is 11.3 Å². The summed E-state index contributed by atoms with van der Waals surface area (Å²) < 4.78 is 0. The molecule has 3 rings (SSSR count). The number of aromatic amines is 1. The van der Waals surface area contributed by atoms with Crippen LogP contribution in [-0.4, -0.2) is 15.2 Å². The molecule has 92 valence electrons. The monoisotopic (exact) mass is 259 g/mol. The van der Waals surface area contributed by atoms with E-state index < -0.39 is 0 Å². The van der Waals surface area contributed by atoms with Gasteiger partial charge in [-0.15, -0.1) is 11.3 Å². The van der Waals surface area contributed by atoms with Gasteiger partial charge in [-0.3, -0.25) is 5.10 Å². The van der Waals surface area contributed by atoms with Crippen LogP contribution in [0, 0.1) is 11.3 Å². The molecule has 1 fully saturated rings. The summed E-state index contributed by atoms with van der Waals surface area (Å²) in [6, 6.07) is 2.09. The Morgan fingerprint density at radius 3 is 3.11 bits per heavy atom. The molecular weight excluding hydrogens is 246 g/mol. The Hall–Kier alpha value is -1.87. The standard InChI is InChI=1S/C12H13N5S/c13-4-9-5-16-17-11(9)14-6-10-7-15-12(18-10)8-2-1-3-8/h5,7-8H,1-3,6H2,(H2,14,16,17). The molecule has 0 aliphatic heterocycles. The molecule has 18 heavy (non-hydrogen) atoms. The minimum atomic E-state index is 0.540. The molecule has 2 aromatic rings. The molecule has 6 heteroatoms. The molecule has 1 aliphatic carbocycles. The second-order valence-corrected chi connectivity index (χ2v) is 5.56. The van der Waals surface area contributed by atoms with Crippen molar-refractivity contribution < 1.29 is 0 Å². The van der Waals surface area contributed by atoms with Crippen molar-refractivity contribution >= 4 is 17.2 Å². The maximum Gasteiger partial charge on any atom is 0.139 e. The molecule has 5 nitrogen and oxygen atoms in total. The van der Waals surface area contributed by atoms with Crippen LogP contribution in [0.5, 0.6) is 0 Å². The Kier molecular flexibility index (Phi) is 2.99. The fourth-order valence-corrected chi connectivity index (χ4v) is 2.96. The Balaban J connectivity index is 1.63. The SMILES string of the molecule is N#Cc1cn[nH]c1NCc1cnc(C2CCC2)s1. The maximum absolute atomic E-state index is 8.86. The lowest BCUT2D eigenvalue weighted by Gasteiger charge is -2.22. The number of anilines is 1. The fourth-order valence-electron chi connectivity index (χ4n) is 1.93. The van der Waals surface area contributed by atoms with Gasteiger partial charge in [0.25, 0.3) is 0 Å². The molecule has 0 bridgehead atoms. The van der Waals surface area contributed by atoms with Gasteiger partial charge in [-0.25, -0.2) is 4.98 Å². The third-order valence-electron chi connectivity index (χ3n) is 3.23. The minimum Gasteiger partial charge on any atom is -0.364 e. The summed E-state index contributed by atoms with van der Waals surface area (Å²) in [5, 5.41) is 19.9. The second kappa shape index (κ2) is 4.78. The van der Waals surface area contributed by atoms with E-state index in [1.165, 1.54) is 35.3 Å². The van der Waals surface area contributed by atoms with Crippen molar-refractivity contribution in [2.75, 3.05) is 5.32 Å². The number of hydrogen-bond acceptors (Lipinski definition) is 5. The van der Waals surface area contributed by atoms with Crippen LogP contribution in [0.3, 0.4) is 0 Å². The topological polar surface area (TPSA) is 77.4 Å². The number of H-pyrrole nitrogens is 1. The van der Waals surface area contributed by atoms with Crippen molar-refractivity contribution in [3.05, 3.63) is 27.8 Å². The Morgan fingerprint density at radius 1 is 1.50 bits per heavy atom. The highest BCUT2D eigenvalue weighted by molar-refractivity contribution is 7.11. The molecule has 0 atom stereocenters. The molecule has 0 saturated heterocycles. The summed E-state index contributed by atoms with van der Waals surface area (Å²) in [5.74, 6) is 1.36. The van der Waals surface area contributed by atoms with E-state index >= 15 is 0 Å². The molecule has 0 spiro atoms. The number of hydrogen-bond donors (Lipinski definition) is 2. The van der Waals surface area contributed by atoms with E-state index in [4.69, 9.17) is 5.26 Å². The number of nitrogens with one attached hydrogen (secondary N) is 2. The Labute approximate surface area is 109 Å². The zero-order valence-electron chi connectivity index (χ0n) is 9.81. The predicted octanol–water partition coefficient (Wildman–Crippen LogP) is 2.62. The third kappa shape index (κ3) is 2.09. The highest BCUT2D eigenvalue weighted by Crippen LogP contribution is 2.38. The summed E-state index contributed by atoms with van der Waals surface area (Å²) in [6.07, 6.45) is 7.33. The molecular formula is C12H13N5S. The van der Waals surface area contributed by atoms with E-state index in [1.807, 2.05) is 6.20 Å². The van der Waals surface area contributed by atoms with Gasteiger partial charge in [0.2, 0.25) is 0 Å². The predicted molar refractivity (Wildman–Crippen MR) is 69.3 cm³/mol. The second-order valence-electron chi connectivity index (χ2n) is 4.42. The van der Waals surface area contributed by atoms with Crippen molar-refractivity contribution in [2.24, 2.45) is 0 Å². The van der Waals surface area contributed by atoms with Crippen LogP contribution in [0.25, 0.3) is 0 Å². The first kappa shape index (κ1) is 11.2. The number of aromatic nitrogens is 3. The van der Waals surface area contributed by atoms with Crippen LogP contribution in [0.15, 0.2) is 12.4 Å². The molecule has 0 radical (unpaired) electrons. The smallest absolute Gasteiger partial charge is 0.139 e. The van der Waals surface area contributed by atoms with E-state index in [1.54, 1.807) is 11.3 Å². The van der Waals surface area contributed by atoms with Gasteiger partial charge in [-0.2, -0.15) is 10.4 Å². The van der Waals surface area contributed by atoms with Gasteiger partial charge in [-0.1, -0.05) is 6.42 Å². The van der Waals surface area contributed by atoms with Crippen molar-refractivity contribution in [3.63, 3.8) is 0 Å². The van der Waals surface area contributed by atoms with Crippen LogP contribution in [0.1, 0.15) is 40.6 Å². The normalized spacial score (nSPS) is 15.1. The van der Waals surface area contributed by atoms with Crippen LogP contribution in [0.2, 0.25) is 0 Å². The average Bonchev–Trinajstić information content (AvgIpc) is 2.92. The van der Waals surface area contributed by atoms with Gasteiger partial charge < -0.3 is 5.32 Å². The first-order valence-electron chi connectivity index (χ1n) is 5.99. The summed E-state index contributed by atoms with van der Waals surface area (Å²) in [5.41, 5.74) is 0.540. The lowest BCUT2D eigenvalue weighted by atomic mass is 9.86. The van der Waals surface area contributed by atoms with Crippen LogP contribution in [-0.2, 0) is 6.54 Å². The number of nitriles is 1. The van der Waals surface area contributed by atoms with Gasteiger partial charge in [0.1, 0.15) is 17.5 Å². The quantitative estimate of drug-likeness (QED) is 0.884. The van der Waals surface area contributed by atoms with Crippen molar-refractivity contribution in [1.82, 2.24) is 15.2 Å². The molecule has 2 N–H and O–H groups in total. The zero-order valence-corrected chi connectivity index (χ0v) is 10.6. The lowest BCUT2D eigenvalue weighted by molar-refractivity contribution is 0.418. The molecule has 1 saturated carbocycles. The Morgan fingerprint density at radius 2 is 2.39 bits per heavy atom. The Bertz CT molecular complexity index is 575. The van der Waals surface area contributed by atoms with Gasteiger partial charge in [0.15, 0.2) is 0 Å². The average molecular weight is 259 g/mol. The first-order chi connectivity index (χ1) is 8.86. The van der Waals surface area contributed by atoms with Gasteiger partial charge in [0.05, 0.1) is 17.7 Å². The summed E-state index contributed by atoms with van der Waals surface area (Å²) in [6.45, 7) is 0.682. The van der Waals surface area contributed by atoms with Gasteiger partial charge in [0, 0.05) is 17.0 Å². The summed E-state index contributed by atoms with van der Waals surface area (Å²) in [7, 11) is 0. The maximum atomic E-state index is 8.86. The fraction of sp³-hybridized carbons (Fsp3) is 0.417. The summed E-state index contributed by atoms with van der Waals surface area (Å²) in [4.78, 5) is 5.66. The number of nitrogens with zero attached hydrogens (tertiary/aromatic N) is 3.